The van der Waals surface area contributed by atoms with Crippen LogP contribution in [0.4, 0.5) is 13.2 Å². The first-order valence-electron chi connectivity index (χ1n) is 13.8. The molecule has 44 heavy (non-hydrogen) atoms. The third-order valence-corrected chi connectivity index (χ3v) is 6.93. The molecule has 2 heterocycles. The van der Waals surface area contributed by atoms with Crippen LogP contribution in [0.2, 0.25) is 0 Å². The van der Waals surface area contributed by atoms with Crippen molar-refractivity contribution in [3.8, 4) is 11.1 Å². The van der Waals surface area contributed by atoms with Gasteiger partial charge in [0.05, 0.1) is 17.9 Å². The second-order valence-corrected chi connectivity index (χ2v) is 10.1. The molecule has 0 aliphatic heterocycles. The quantitative estimate of drug-likeness (QED) is 0.204. The predicted molar refractivity (Wildman–Crippen MR) is 160 cm³/mol. The first kappa shape index (κ1) is 32.0. The Morgan fingerprint density at radius 2 is 1.61 bits per heavy atom. The number of aromatic nitrogens is 3. The van der Waals surface area contributed by atoms with Crippen LogP contribution in [0.15, 0.2) is 97.7 Å². The van der Waals surface area contributed by atoms with E-state index in [-0.39, 0.29) is 24.6 Å². The Morgan fingerprint density at radius 3 is 2.23 bits per heavy atom. The lowest BCUT2D eigenvalue weighted by Gasteiger charge is -2.33. The second kappa shape index (κ2) is 15.0. The summed E-state index contributed by atoms with van der Waals surface area (Å²) in [4.78, 5) is 42.6. The number of likely N-dealkylation sites (N-methyl/N-ethyl adjacent to an activating group) is 1. The van der Waals surface area contributed by atoms with Gasteiger partial charge >= 0.3 is 6.18 Å². The maximum absolute atomic E-state index is 13.9. The SMILES string of the molecule is COCCN(C)C(=O)[C@H](Cc1ccccc1)N(Cc1ccc(-c2cncnc2)cc1)C(=O)/C=C/c1ccc(C(F)(F)F)cn1. The number of benzene rings is 2. The van der Waals surface area contributed by atoms with Crippen LogP contribution in [0.5, 0.6) is 0 Å². The van der Waals surface area contributed by atoms with Gasteiger partial charge in [-0.15, -0.1) is 0 Å². The van der Waals surface area contributed by atoms with Gasteiger partial charge in [0.2, 0.25) is 11.8 Å². The molecule has 2 aromatic heterocycles. The van der Waals surface area contributed by atoms with Gasteiger partial charge in [-0.05, 0) is 34.9 Å². The van der Waals surface area contributed by atoms with Gasteiger partial charge in [0.1, 0.15) is 12.4 Å². The Hall–Kier alpha value is -4.90. The van der Waals surface area contributed by atoms with Gasteiger partial charge < -0.3 is 14.5 Å². The van der Waals surface area contributed by atoms with E-state index < -0.39 is 23.7 Å². The van der Waals surface area contributed by atoms with Gasteiger partial charge in [0, 0.05) is 63.9 Å². The number of amides is 2. The van der Waals surface area contributed by atoms with Crippen LogP contribution in [-0.2, 0) is 33.5 Å². The third-order valence-electron chi connectivity index (χ3n) is 6.93. The zero-order valence-corrected chi connectivity index (χ0v) is 24.3. The van der Waals surface area contributed by atoms with Crippen molar-refractivity contribution in [2.45, 2.75) is 25.2 Å². The molecule has 4 rings (SSSR count). The van der Waals surface area contributed by atoms with Gasteiger partial charge in [0.25, 0.3) is 0 Å². The lowest BCUT2D eigenvalue weighted by Crippen LogP contribution is -2.51. The minimum absolute atomic E-state index is 0.0938. The standard InChI is InChI=1S/C33H32F3N5O3/c1-40(16-17-44-2)32(43)30(18-24-6-4-3-5-7-24)41(22-25-8-10-26(11-9-25)27-19-37-23-38-20-27)31(42)15-14-29-13-12-28(21-39-29)33(34,35)36/h3-15,19-21,23,30H,16-18,22H2,1-2H3/b15-14+/t30-/m0/s1. The van der Waals surface area contributed by atoms with Gasteiger partial charge in [-0.1, -0.05) is 54.6 Å². The molecule has 0 aliphatic carbocycles. The molecule has 2 amide bonds. The largest absolute Gasteiger partial charge is 0.417 e. The van der Waals surface area contributed by atoms with E-state index in [0.717, 1.165) is 28.3 Å². The minimum Gasteiger partial charge on any atom is -0.383 e. The topological polar surface area (TPSA) is 88.5 Å². The van der Waals surface area contributed by atoms with E-state index in [2.05, 4.69) is 15.0 Å². The van der Waals surface area contributed by atoms with Gasteiger partial charge in [-0.3, -0.25) is 14.6 Å². The van der Waals surface area contributed by atoms with Crippen molar-refractivity contribution in [3.05, 3.63) is 120 Å². The fourth-order valence-electron chi connectivity index (χ4n) is 4.47. The molecule has 0 fully saturated rings. The van der Waals surface area contributed by atoms with Crippen molar-refractivity contribution in [1.82, 2.24) is 24.8 Å². The number of halogens is 3. The van der Waals surface area contributed by atoms with Crippen LogP contribution < -0.4 is 0 Å². The Morgan fingerprint density at radius 1 is 0.909 bits per heavy atom. The normalized spacial score (nSPS) is 12.2. The Labute approximate surface area is 253 Å². The zero-order chi connectivity index (χ0) is 31.5. The van der Waals surface area contributed by atoms with E-state index in [1.165, 1.54) is 34.3 Å². The number of hydrogen-bond acceptors (Lipinski definition) is 6. The van der Waals surface area contributed by atoms with E-state index in [1.807, 2.05) is 54.6 Å². The number of pyridine rings is 1. The summed E-state index contributed by atoms with van der Waals surface area (Å²) < 4.78 is 44.1. The molecule has 0 spiro atoms. The number of carbonyl (C=O) groups excluding carboxylic acids is 2. The summed E-state index contributed by atoms with van der Waals surface area (Å²) in [5, 5.41) is 0. The van der Waals surface area contributed by atoms with E-state index in [1.54, 1.807) is 26.6 Å². The van der Waals surface area contributed by atoms with Gasteiger partial charge in [0.15, 0.2) is 0 Å². The molecule has 8 nitrogen and oxygen atoms in total. The maximum atomic E-state index is 13.9. The summed E-state index contributed by atoms with van der Waals surface area (Å²) >= 11 is 0. The van der Waals surface area contributed by atoms with E-state index in [4.69, 9.17) is 4.74 Å². The van der Waals surface area contributed by atoms with Crippen LogP contribution in [0.25, 0.3) is 17.2 Å². The third kappa shape index (κ3) is 8.81. The van der Waals surface area contributed by atoms with Crippen LogP contribution in [0, 0.1) is 0 Å². The van der Waals surface area contributed by atoms with Crippen LogP contribution >= 0.6 is 0 Å². The molecule has 0 unspecified atom stereocenters. The first-order valence-corrected chi connectivity index (χ1v) is 13.8. The highest BCUT2D eigenvalue weighted by atomic mass is 19.4. The van der Waals surface area contributed by atoms with Crippen molar-refractivity contribution < 1.29 is 27.5 Å². The van der Waals surface area contributed by atoms with Crippen LogP contribution in [-0.4, -0.2) is 69.9 Å². The molecule has 1 atom stereocenters. The average molecular weight is 604 g/mol. The molecule has 0 saturated carbocycles. The second-order valence-electron chi connectivity index (χ2n) is 10.1. The average Bonchev–Trinajstić information content (AvgIpc) is 3.04. The Kier molecular flexibility index (Phi) is 10.9. The highest BCUT2D eigenvalue weighted by Crippen LogP contribution is 2.28. The molecule has 0 aliphatic rings. The smallest absolute Gasteiger partial charge is 0.383 e. The number of ether oxygens (including phenoxy) is 1. The molecule has 0 bridgehead atoms. The molecule has 0 N–H and O–H groups in total. The lowest BCUT2D eigenvalue weighted by atomic mass is 10.0. The summed E-state index contributed by atoms with van der Waals surface area (Å²) in [5.41, 5.74) is 2.62. The highest BCUT2D eigenvalue weighted by Gasteiger charge is 2.32. The fraction of sp³-hybridized carbons (Fsp3) is 0.242. The fourth-order valence-corrected chi connectivity index (χ4v) is 4.47. The number of nitrogens with zero attached hydrogens (tertiary/aromatic N) is 5. The van der Waals surface area contributed by atoms with Gasteiger partial charge in [-0.25, -0.2) is 9.97 Å². The zero-order valence-electron chi connectivity index (χ0n) is 24.3. The van der Waals surface area contributed by atoms with Crippen molar-refractivity contribution in [3.63, 3.8) is 0 Å². The summed E-state index contributed by atoms with van der Waals surface area (Å²) in [6.07, 6.45) is 3.85. The number of methoxy groups -OCH3 is 1. The Bertz CT molecular complexity index is 1530. The van der Waals surface area contributed by atoms with Crippen molar-refractivity contribution >= 4 is 17.9 Å². The van der Waals surface area contributed by atoms with Crippen LogP contribution in [0.1, 0.15) is 22.4 Å². The van der Waals surface area contributed by atoms with Crippen LogP contribution in [0.3, 0.4) is 0 Å². The van der Waals surface area contributed by atoms with E-state index in [9.17, 15) is 22.8 Å². The molecule has 4 aromatic rings. The number of alkyl halides is 3. The monoisotopic (exact) mass is 603 g/mol. The number of hydrogen-bond donors (Lipinski definition) is 0. The molecule has 2 aromatic carbocycles. The summed E-state index contributed by atoms with van der Waals surface area (Å²) in [7, 11) is 3.20. The summed E-state index contributed by atoms with van der Waals surface area (Å²) in [6.45, 7) is 0.733. The molecule has 0 saturated heterocycles. The van der Waals surface area contributed by atoms with Crippen molar-refractivity contribution in [2.75, 3.05) is 27.3 Å². The predicted octanol–water partition coefficient (Wildman–Crippen LogP) is 5.32. The highest BCUT2D eigenvalue weighted by molar-refractivity contribution is 5.95. The van der Waals surface area contributed by atoms with E-state index >= 15 is 0 Å². The minimum atomic E-state index is -4.52. The molecular formula is C33H32F3N5O3. The lowest BCUT2D eigenvalue weighted by molar-refractivity contribution is -0.143. The number of rotatable bonds is 12. The van der Waals surface area contributed by atoms with Crippen molar-refractivity contribution in [1.29, 1.82) is 0 Å². The van der Waals surface area contributed by atoms with Crippen molar-refractivity contribution in [2.24, 2.45) is 0 Å². The van der Waals surface area contributed by atoms with Gasteiger partial charge in [-0.2, -0.15) is 13.2 Å². The number of carbonyl (C=O) groups is 2. The molecule has 228 valence electrons. The Balaban J connectivity index is 1.67. The molecule has 11 heteroatoms. The first-order chi connectivity index (χ1) is 21.2. The summed E-state index contributed by atoms with van der Waals surface area (Å²) in [5.74, 6) is -0.778. The van der Waals surface area contributed by atoms with E-state index in [0.29, 0.717) is 19.3 Å². The molecule has 0 radical (unpaired) electrons. The maximum Gasteiger partial charge on any atom is 0.417 e. The summed E-state index contributed by atoms with van der Waals surface area (Å²) in [6, 6.07) is 18.1. The molecular weight excluding hydrogens is 571 g/mol.